The van der Waals surface area contributed by atoms with Gasteiger partial charge in [-0.25, -0.2) is 19.0 Å². The van der Waals surface area contributed by atoms with Gasteiger partial charge in [-0.3, -0.25) is 4.79 Å². The molecule has 3 rings (SSSR count). The predicted octanol–water partition coefficient (Wildman–Crippen LogP) is 1.96. The number of nitrogens with zero attached hydrogens (tertiary/aromatic N) is 2. The second-order valence-corrected chi connectivity index (χ2v) is 7.02. The summed E-state index contributed by atoms with van der Waals surface area (Å²) >= 11 is 6.06. The minimum absolute atomic E-state index is 0.160. The Bertz CT molecular complexity index is 966. The first-order valence-electron chi connectivity index (χ1n) is 9.04. The van der Waals surface area contributed by atoms with Gasteiger partial charge in [-0.2, -0.15) is 0 Å². The number of esters is 2. The van der Waals surface area contributed by atoms with Crippen molar-refractivity contribution in [2.24, 2.45) is 0 Å². The third-order valence-corrected chi connectivity index (χ3v) is 5.06. The Hall–Kier alpha value is -3.14. The molecule has 2 N–H and O–H groups in total. The third-order valence-electron chi connectivity index (χ3n) is 4.82. The molecular formula is C19H20ClFN4O5. The van der Waals surface area contributed by atoms with Gasteiger partial charge in [0.25, 0.3) is 0 Å². The van der Waals surface area contributed by atoms with Crippen molar-refractivity contribution in [2.45, 2.75) is 24.9 Å². The van der Waals surface area contributed by atoms with Gasteiger partial charge < -0.3 is 24.7 Å². The number of aromatic nitrogens is 2. The maximum atomic E-state index is 14.7. The van der Waals surface area contributed by atoms with E-state index in [0.29, 0.717) is 17.1 Å². The summed E-state index contributed by atoms with van der Waals surface area (Å²) in [5.74, 6) is -2.06. The molecule has 30 heavy (non-hydrogen) atoms. The fourth-order valence-corrected chi connectivity index (χ4v) is 3.53. The predicted molar refractivity (Wildman–Crippen MR) is 103 cm³/mol. The Labute approximate surface area is 176 Å². The van der Waals surface area contributed by atoms with Crippen molar-refractivity contribution in [3.05, 3.63) is 52.3 Å². The summed E-state index contributed by atoms with van der Waals surface area (Å²) in [7, 11) is 2.31. The number of rotatable bonds is 5. The smallest absolute Gasteiger partial charge is 0.329 e. The van der Waals surface area contributed by atoms with Crippen LogP contribution in [0.2, 0.25) is 5.02 Å². The number of carbonyl (C=O) groups is 3. The Morgan fingerprint density at radius 3 is 2.83 bits per heavy atom. The number of amides is 2. The lowest BCUT2D eigenvalue weighted by Gasteiger charge is -2.36. The average Bonchev–Trinajstić information content (AvgIpc) is 3.22. The molecular weight excluding hydrogens is 419 g/mol. The Morgan fingerprint density at radius 2 is 2.13 bits per heavy atom. The number of methoxy groups -OCH3 is 2. The summed E-state index contributed by atoms with van der Waals surface area (Å²) in [6, 6.07) is 1.21. The zero-order valence-electron chi connectivity index (χ0n) is 16.3. The number of hydrogen-bond donors (Lipinski definition) is 2. The van der Waals surface area contributed by atoms with Gasteiger partial charge in [-0.05, 0) is 18.2 Å². The number of ether oxygens (including phenoxy) is 2. The van der Waals surface area contributed by atoms with Crippen molar-refractivity contribution >= 4 is 29.6 Å². The zero-order valence-corrected chi connectivity index (χ0v) is 17.0. The Kier molecular flexibility index (Phi) is 6.56. The number of H-pyrrole nitrogens is 1. The number of benzene rings is 1. The fourth-order valence-electron chi connectivity index (χ4n) is 3.35. The highest BCUT2D eigenvalue weighted by molar-refractivity contribution is 6.30. The topological polar surface area (TPSA) is 114 Å². The van der Waals surface area contributed by atoms with Gasteiger partial charge in [0, 0.05) is 29.2 Å². The van der Waals surface area contributed by atoms with Gasteiger partial charge in [-0.15, -0.1) is 0 Å². The van der Waals surface area contributed by atoms with Crippen molar-refractivity contribution in [3.8, 4) is 0 Å². The minimum Gasteiger partial charge on any atom is -0.469 e. The maximum absolute atomic E-state index is 14.7. The largest absolute Gasteiger partial charge is 0.469 e. The molecule has 0 bridgehead atoms. The van der Waals surface area contributed by atoms with Crippen LogP contribution in [0.1, 0.15) is 29.4 Å². The first-order chi connectivity index (χ1) is 14.3. The summed E-state index contributed by atoms with van der Waals surface area (Å²) in [6.45, 7) is 0.212. The highest BCUT2D eigenvalue weighted by Gasteiger charge is 2.37. The Morgan fingerprint density at radius 1 is 1.37 bits per heavy atom. The first-order valence-corrected chi connectivity index (χ1v) is 9.42. The number of carbonyl (C=O) groups excluding carboxylic acids is 3. The summed E-state index contributed by atoms with van der Waals surface area (Å²) in [6.07, 6.45) is 1.50. The normalized spacial score (nSPS) is 16.4. The van der Waals surface area contributed by atoms with Crippen molar-refractivity contribution in [1.29, 1.82) is 0 Å². The van der Waals surface area contributed by atoms with E-state index in [1.807, 2.05) is 0 Å². The number of imidazole rings is 1. The van der Waals surface area contributed by atoms with Crippen molar-refractivity contribution < 1.29 is 28.2 Å². The van der Waals surface area contributed by atoms with E-state index < -0.39 is 42.3 Å². The lowest BCUT2D eigenvalue weighted by molar-refractivity contribution is -0.149. The van der Waals surface area contributed by atoms with Gasteiger partial charge in [0.1, 0.15) is 17.9 Å². The van der Waals surface area contributed by atoms with E-state index in [1.165, 1.54) is 36.5 Å². The molecule has 2 heterocycles. The summed E-state index contributed by atoms with van der Waals surface area (Å²) in [4.78, 5) is 45.3. The maximum Gasteiger partial charge on any atom is 0.329 e. The second-order valence-electron chi connectivity index (χ2n) is 6.58. The summed E-state index contributed by atoms with van der Waals surface area (Å²) < 4.78 is 23.9. The van der Waals surface area contributed by atoms with E-state index in [1.54, 1.807) is 0 Å². The van der Waals surface area contributed by atoms with E-state index in [9.17, 15) is 18.8 Å². The molecule has 0 fully saturated rings. The lowest BCUT2D eigenvalue weighted by atomic mass is 9.95. The van der Waals surface area contributed by atoms with Crippen LogP contribution in [-0.2, 0) is 25.5 Å². The molecule has 1 aliphatic heterocycles. The molecule has 2 atom stereocenters. The average molecular weight is 439 g/mol. The molecule has 160 valence electrons. The zero-order chi connectivity index (χ0) is 21.8. The molecule has 1 aliphatic rings. The van der Waals surface area contributed by atoms with E-state index in [2.05, 4.69) is 24.8 Å². The van der Waals surface area contributed by atoms with Gasteiger partial charge in [0.2, 0.25) is 0 Å². The van der Waals surface area contributed by atoms with Crippen LogP contribution < -0.4 is 5.32 Å². The van der Waals surface area contributed by atoms with Crippen LogP contribution in [0.25, 0.3) is 0 Å². The standard InChI is InChI=1S/C19H20ClFN4O5/c1-29-15(26)8-14(18(27)30-2)24-19(28)25-6-5-13-16(23-9-22-13)17(25)11-7-10(20)3-4-12(11)21/h3-4,7,9,14,17H,5-6,8H2,1-2H3,(H,22,23)(H,24,28)/t14-,17?/m0/s1. The first kappa shape index (κ1) is 21.6. The molecule has 11 heteroatoms. The van der Waals surface area contributed by atoms with E-state index in [-0.39, 0.29) is 12.1 Å². The van der Waals surface area contributed by atoms with Gasteiger partial charge >= 0.3 is 18.0 Å². The number of fused-ring (bicyclic) bond motifs is 1. The molecule has 0 radical (unpaired) electrons. The highest BCUT2D eigenvalue weighted by atomic mass is 35.5. The SMILES string of the molecule is COC(=O)C[C@H](NC(=O)N1CCc2[nH]cnc2C1c1cc(Cl)ccc1F)C(=O)OC. The molecule has 2 aromatic rings. The monoisotopic (exact) mass is 438 g/mol. The van der Waals surface area contributed by atoms with E-state index in [0.717, 1.165) is 12.8 Å². The fraction of sp³-hybridized carbons (Fsp3) is 0.368. The van der Waals surface area contributed by atoms with Crippen LogP contribution in [0, 0.1) is 5.82 Å². The molecule has 0 saturated heterocycles. The number of urea groups is 1. The van der Waals surface area contributed by atoms with Gasteiger partial charge in [0.15, 0.2) is 0 Å². The van der Waals surface area contributed by atoms with E-state index in [4.69, 9.17) is 11.6 Å². The van der Waals surface area contributed by atoms with Crippen LogP contribution in [0.3, 0.4) is 0 Å². The number of nitrogens with one attached hydrogen (secondary N) is 2. The highest BCUT2D eigenvalue weighted by Crippen LogP contribution is 2.35. The molecule has 2 amide bonds. The quantitative estimate of drug-likeness (QED) is 0.690. The number of aromatic amines is 1. The van der Waals surface area contributed by atoms with Crippen LogP contribution >= 0.6 is 11.6 Å². The second kappa shape index (κ2) is 9.12. The molecule has 1 aromatic heterocycles. The Balaban J connectivity index is 1.94. The van der Waals surface area contributed by atoms with Crippen molar-refractivity contribution in [3.63, 3.8) is 0 Å². The molecule has 0 aliphatic carbocycles. The molecule has 1 aromatic carbocycles. The van der Waals surface area contributed by atoms with Crippen LogP contribution in [-0.4, -0.2) is 59.6 Å². The summed E-state index contributed by atoms with van der Waals surface area (Å²) in [5.41, 5.74) is 1.40. The van der Waals surface area contributed by atoms with Crippen LogP contribution in [0.15, 0.2) is 24.5 Å². The number of halogens is 2. The molecule has 9 nitrogen and oxygen atoms in total. The van der Waals surface area contributed by atoms with Crippen molar-refractivity contribution in [1.82, 2.24) is 20.2 Å². The lowest BCUT2D eigenvalue weighted by Crippen LogP contribution is -2.52. The summed E-state index contributed by atoms with van der Waals surface area (Å²) in [5, 5.41) is 2.78. The third kappa shape index (κ3) is 4.38. The number of hydrogen-bond acceptors (Lipinski definition) is 6. The van der Waals surface area contributed by atoms with Gasteiger partial charge in [0.05, 0.1) is 32.7 Å². The minimum atomic E-state index is -1.26. The van der Waals surface area contributed by atoms with Crippen LogP contribution in [0.4, 0.5) is 9.18 Å². The van der Waals surface area contributed by atoms with Crippen molar-refractivity contribution in [2.75, 3.05) is 20.8 Å². The molecule has 0 saturated carbocycles. The van der Waals surface area contributed by atoms with Gasteiger partial charge in [-0.1, -0.05) is 11.6 Å². The van der Waals surface area contributed by atoms with Crippen LogP contribution in [0.5, 0.6) is 0 Å². The van der Waals surface area contributed by atoms with E-state index >= 15 is 0 Å². The molecule has 0 spiro atoms. The molecule has 1 unspecified atom stereocenters.